The Hall–Kier alpha value is -2.21. The molecule has 0 heterocycles. The maximum absolute atomic E-state index is 11.3. The first kappa shape index (κ1) is 15.2. The first-order chi connectivity index (χ1) is 9.88. The van der Waals surface area contributed by atoms with Crippen LogP contribution in [-0.4, -0.2) is 10.7 Å². The summed E-state index contributed by atoms with van der Waals surface area (Å²) in [5, 5.41) is 11.1. The first-order valence-corrected chi connectivity index (χ1v) is 6.91. The molecule has 0 unspecified atom stereocenters. The number of halogens is 1. The van der Waals surface area contributed by atoms with Crippen LogP contribution < -0.4 is 4.74 Å². The van der Waals surface area contributed by atoms with Crippen molar-refractivity contribution in [3.05, 3.63) is 62.1 Å². The average Bonchev–Trinajstić information content (AvgIpc) is 2.41. The zero-order valence-electron chi connectivity index (χ0n) is 11.4. The van der Waals surface area contributed by atoms with Gasteiger partial charge in [0.1, 0.15) is 5.75 Å². The van der Waals surface area contributed by atoms with Crippen LogP contribution in [0, 0.1) is 17.0 Å². The molecule has 0 spiro atoms. The number of nitro benzene ring substituents is 1. The molecule has 0 aliphatic heterocycles. The normalized spacial score (nSPS) is 10.2. The molecule has 0 aliphatic carbocycles. The lowest BCUT2D eigenvalue weighted by Gasteiger charge is -2.10. The summed E-state index contributed by atoms with van der Waals surface area (Å²) in [6.07, 6.45) is 0. The molecule has 0 saturated heterocycles. The van der Waals surface area contributed by atoms with Crippen LogP contribution in [0.25, 0.3) is 0 Å². The SMILES string of the molecule is CC(=O)c1ccc(Oc2ccc(Br)cc2C)c([N+](=O)[O-])c1. The maximum Gasteiger partial charge on any atom is 0.312 e. The highest BCUT2D eigenvalue weighted by Gasteiger charge is 2.18. The minimum atomic E-state index is -0.560. The monoisotopic (exact) mass is 349 g/mol. The predicted molar refractivity (Wildman–Crippen MR) is 82.1 cm³/mol. The van der Waals surface area contributed by atoms with E-state index in [1.54, 1.807) is 12.1 Å². The van der Waals surface area contributed by atoms with Gasteiger partial charge in [-0.2, -0.15) is 0 Å². The zero-order chi connectivity index (χ0) is 15.6. The molecule has 2 aromatic rings. The fourth-order valence-corrected chi connectivity index (χ4v) is 2.29. The lowest BCUT2D eigenvalue weighted by Crippen LogP contribution is -1.98. The minimum absolute atomic E-state index is 0.107. The molecule has 0 N–H and O–H groups in total. The Kier molecular flexibility index (Phi) is 4.37. The van der Waals surface area contributed by atoms with Crippen LogP contribution in [-0.2, 0) is 0 Å². The Morgan fingerprint density at radius 3 is 2.43 bits per heavy atom. The highest BCUT2D eigenvalue weighted by molar-refractivity contribution is 9.10. The highest BCUT2D eigenvalue weighted by atomic mass is 79.9. The van der Waals surface area contributed by atoms with E-state index in [4.69, 9.17) is 4.74 Å². The molecule has 0 amide bonds. The molecular weight excluding hydrogens is 338 g/mol. The molecule has 0 aromatic heterocycles. The number of carbonyl (C=O) groups is 1. The number of nitrogens with zero attached hydrogens (tertiary/aromatic N) is 1. The van der Waals surface area contributed by atoms with Gasteiger partial charge in [-0.15, -0.1) is 0 Å². The second-order valence-electron chi connectivity index (χ2n) is 4.51. The Morgan fingerprint density at radius 2 is 1.86 bits per heavy atom. The van der Waals surface area contributed by atoms with Gasteiger partial charge in [0.25, 0.3) is 0 Å². The molecule has 108 valence electrons. The van der Waals surface area contributed by atoms with Crippen LogP contribution in [0.5, 0.6) is 11.5 Å². The molecule has 21 heavy (non-hydrogen) atoms. The number of benzene rings is 2. The van der Waals surface area contributed by atoms with E-state index in [1.165, 1.54) is 25.1 Å². The van der Waals surface area contributed by atoms with Crippen molar-refractivity contribution in [3.63, 3.8) is 0 Å². The summed E-state index contributed by atoms with van der Waals surface area (Å²) in [4.78, 5) is 21.9. The summed E-state index contributed by atoms with van der Waals surface area (Å²) in [5.41, 5.74) is 0.890. The predicted octanol–water partition coefficient (Wildman–Crippen LogP) is 4.66. The van der Waals surface area contributed by atoms with E-state index in [1.807, 2.05) is 13.0 Å². The van der Waals surface area contributed by atoms with Gasteiger partial charge < -0.3 is 4.74 Å². The number of hydrogen-bond donors (Lipinski definition) is 0. The van der Waals surface area contributed by atoms with Crippen molar-refractivity contribution < 1.29 is 14.5 Å². The number of ether oxygens (including phenoxy) is 1. The summed E-state index contributed by atoms with van der Waals surface area (Å²) >= 11 is 3.34. The molecule has 2 aromatic carbocycles. The maximum atomic E-state index is 11.3. The number of carbonyl (C=O) groups excluding carboxylic acids is 1. The van der Waals surface area contributed by atoms with Crippen LogP contribution in [0.2, 0.25) is 0 Å². The van der Waals surface area contributed by atoms with Crippen molar-refractivity contribution in [2.24, 2.45) is 0 Å². The summed E-state index contributed by atoms with van der Waals surface area (Å²) in [5.74, 6) is 0.400. The van der Waals surface area contributed by atoms with Gasteiger partial charge in [-0.1, -0.05) is 15.9 Å². The van der Waals surface area contributed by atoms with Crippen molar-refractivity contribution in [1.29, 1.82) is 0 Å². The standard InChI is InChI=1S/C15H12BrNO4/c1-9-7-12(16)4-6-14(9)21-15-5-3-11(10(2)18)8-13(15)17(19)20/h3-8H,1-2H3. The van der Waals surface area contributed by atoms with Crippen LogP contribution in [0.15, 0.2) is 40.9 Å². The van der Waals surface area contributed by atoms with Crippen LogP contribution >= 0.6 is 15.9 Å². The zero-order valence-corrected chi connectivity index (χ0v) is 13.0. The van der Waals surface area contributed by atoms with E-state index in [0.29, 0.717) is 5.75 Å². The van der Waals surface area contributed by atoms with E-state index in [0.717, 1.165) is 10.0 Å². The number of nitro groups is 1. The van der Waals surface area contributed by atoms with Gasteiger partial charge in [-0.25, -0.2) is 0 Å². The van der Waals surface area contributed by atoms with Crippen molar-refractivity contribution in [3.8, 4) is 11.5 Å². The van der Waals surface area contributed by atoms with Crippen molar-refractivity contribution in [2.45, 2.75) is 13.8 Å². The molecule has 0 bridgehead atoms. The topological polar surface area (TPSA) is 69.4 Å². The summed E-state index contributed by atoms with van der Waals surface area (Å²) in [6.45, 7) is 3.20. The van der Waals surface area contributed by atoms with Crippen LogP contribution in [0.3, 0.4) is 0 Å². The third-order valence-electron chi connectivity index (χ3n) is 2.92. The average molecular weight is 350 g/mol. The molecule has 0 aliphatic rings. The van der Waals surface area contributed by atoms with Gasteiger partial charge >= 0.3 is 5.69 Å². The molecule has 6 heteroatoms. The van der Waals surface area contributed by atoms with Crippen LogP contribution in [0.1, 0.15) is 22.8 Å². The summed E-state index contributed by atoms with van der Waals surface area (Å²) < 4.78 is 6.51. The van der Waals surface area contributed by atoms with Crippen molar-refractivity contribution in [2.75, 3.05) is 0 Å². The number of ketones is 1. The second-order valence-corrected chi connectivity index (χ2v) is 5.42. The van der Waals surface area contributed by atoms with Gasteiger partial charge in [0.2, 0.25) is 5.75 Å². The van der Waals surface area contributed by atoms with E-state index >= 15 is 0 Å². The minimum Gasteiger partial charge on any atom is -0.450 e. The lowest BCUT2D eigenvalue weighted by molar-refractivity contribution is -0.385. The molecular formula is C15H12BrNO4. The smallest absolute Gasteiger partial charge is 0.312 e. The van der Waals surface area contributed by atoms with Gasteiger partial charge in [-0.05, 0) is 49.7 Å². The molecule has 0 saturated carbocycles. The summed E-state index contributed by atoms with van der Waals surface area (Å²) in [7, 11) is 0. The van der Waals surface area contributed by atoms with E-state index < -0.39 is 4.92 Å². The van der Waals surface area contributed by atoms with Gasteiger partial charge in [-0.3, -0.25) is 14.9 Å². The van der Waals surface area contributed by atoms with Gasteiger partial charge in [0.15, 0.2) is 5.78 Å². The van der Waals surface area contributed by atoms with Crippen LogP contribution in [0.4, 0.5) is 5.69 Å². The molecule has 2 rings (SSSR count). The molecule has 0 atom stereocenters. The Bertz CT molecular complexity index is 728. The van der Waals surface area contributed by atoms with E-state index in [9.17, 15) is 14.9 Å². The number of aryl methyl sites for hydroxylation is 1. The number of rotatable bonds is 4. The largest absolute Gasteiger partial charge is 0.450 e. The van der Waals surface area contributed by atoms with E-state index in [-0.39, 0.29) is 22.8 Å². The summed E-state index contributed by atoms with van der Waals surface area (Å²) in [6, 6.07) is 9.55. The van der Waals surface area contributed by atoms with Gasteiger partial charge in [0.05, 0.1) is 4.92 Å². The van der Waals surface area contributed by atoms with Crippen molar-refractivity contribution in [1.82, 2.24) is 0 Å². The fourth-order valence-electron chi connectivity index (χ4n) is 1.81. The first-order valence-electron chi connectivity index (χ1n) is 6.12. The Morgan fingerprint density at radius 1 is 1.19 bits per heavy atom. The lowest BCUT2D eigenvalue weighted by atomic mass is 10.1. The number of Topliss-reactive ketones (excluding diaryl/α,β-unsaturated/α-hetero) is 1. The molecule has 0 radical (unpaired) electrons. The Labute approximate surface area is 129 Å². The van der Waals surface area contributed by atoms with E-state index in [2.05, 4.69) is 15.9 Å². The molecule has 5 nitrogen and oxygen atoms in total. The highest BCUT2D eigenvalue weighted by Crippen LogP contribution is 2.34. The third-order valence-corrected chi connectivity index (χ3v) is 3.41. The molecule has 0 fully saturated rings. The third kappa shape index (κ3) is 3.46. The quantitative estimate of drug-likeness (QED) is 0.457. The Balaban J connectivity index is 2.44. The second kappa shape index (κ2) is 6.05. The fraction of sp³-hybridized carbons (Fsp3) is 0.133. The van der Waals surface area contributed by atoms with Crippen molar-refractivity contribution >= 4 is 27.4 Å². The number of hydrogen-bond acceptors (Lipinski definition) is 4. The van der Waals surface area contributed by atoms with Gasteiger partial charge in [0, 0.05) is 16.1 Å².